The molecule has 0 aromatic rings. The second-order valence-electron chi connectivity index (χ2n) is 15.7. The van der Waals surface area contributed by atoms with Crippen molar-refractivity contribution in [1.82, 2.24) is 0 Å². The van der Waals surface area contributed by atoms with E-state index in [9.17, 15) is 0 Å². The second kappa shape index (κ2) is 7.04. The summed E-state index contributed by atoms with van der Waals surface area (Å²) in [4.78, 5) is 0. The average Bonchev–Trinajstić information content (AvgIpc) is 2.73. The standard InChI is InChI=1S/C30H51B/c1-28(2)22-10-7-19(25(28)13-22)16-31(17-20-8-11-23-14-26(20)29(23,3)4)18-21-9-12-24-15-27(21)30(24,5)6/h19-27H,7-18H2,1-6H3/t19?,20?,21?,22-,23?,24?,25-,26?,27?/m0/s1. The molecule has 9 fully saturated rings. The predicted molar refractivity (Wildman–Crippen MR) is 134 cm³/mol. The van der Waals surface area contributed by atoms with Crippen LogP contribution in [0.4, 0.5) is 0 Å². The SMILES string of the molecule is CC1(C)C2CCC(CB(CC3CCC4CC3C4(C)C)CC3CC[C@H]4C[C@@H]3C4(C)C)C1C2. The average molecular weight is 423 g/mol. The molecule has 9 rings (SSSR count). The summed E-state index contributed by atoms with van der Waals surface area (Å²) in [6.45, 7) is 16.7. The van der Waals surface area contributed by atoms with E-state index in [2.05, 4.69) is 41.5 Å². The molecule has 0 aromatic carbocycles. The van der Waals surface area contributed by atoms with Gasteiger partial charge in [-0.1, -0.05) is 79.8 Å². The first kappa shape index (κ1) is 21.6. The maximum Gasteiger partial charge on any atom is 0.140 e. The summed E-state index contributed by atoms with van der Waals surface area (Å²) in [5, 5.41) is 0. The summed E-state index contributed by atoms with van der Waals surface area (Å²) in [6.07, 6.45) is 18.9. The number of fused-ring (bicyclic) bond motifs is 6. The lowest BCUT2D eigenvalue weighted by Crippen LogP contribution is -2.55. The van der Waals surface area contributed by atoms with Gasteiger partial charge in [-0.05, 0) is 108 Å². The molecule has 0 aliphatic heterocycles. The van der Waals surface area contributed by atoms with Gasteiger partial charge in [0.2, 0.25) is 0 Å². The lowest BCUT2D eigenvalue weighted by molar-refractivity contribution is -0.104. The summed E-state index contributed by atoms with van der Waals surface area (Å²) in [5.74, 6) is 9.52. The third kappa shape index (κ3) is 3.12. The molecule has 1 heteroatoms. The number of hydrogen-bond acceptors (Lipinski definition) is 0. The Balaban J connectivity index is 1.18. The highest BCUT2D eigenvalue weighted by Crippen LogP contribution is 2.66. The predicted octanol–water partition coefficient (Wildman–Crippen LogP) is 8.70. The molecule has 9 aliphatic rings. The van der Waals surface area contributed by atoms with Gasteiger partial charge in [0.1, 0.15) is 6.71 Å². The minimum atomic E-state index is 0.662. The first-order valence-electron chi connectivity index (χ1n) is 14.6. The highest BCUT2D eigenvalue weighted by Gasteiger charge is 2.58. The van der Waals surface area contributed by atoms with Gasteiger partial charge >= 0.3 is 0 Å². The van der Waals surface area contributed by atoms with Crippen LogP contribution in [0.1, 0.15) is 99.3 Å². The molecule has 9 atom stereocenters. The molecule has 9 aliphatic carbocycles. The summed E-state index contributed by atoms with van der Waals surface area (Å²) >= 11 is 0. The zero-order valence-corrected chi connectivity index (χ0v) is 21.8. The van der Waals surface area contributed by atoms with Gasteiger partial charge in [0.15, 0.2) is 0 Å². The zero-order valence-electron chi connectivity index (χ0n) is 21.8. The van der Waals surface area contributed by atoms with Gasteiger partial charge < -0.3 is 0 Å². The molecule has 6 bridgehead atoms. The van der Waals surface area contributed by atoms with Crippen LogP contribution in [0.2, 0.25) is 19.0 Å². The molecule has 0 heterocycles. The maximum atomic E-state index is 2.61. The Morgan fingerprint density at radius 1 is 0.484 bits per heavy atom. The Morgan fingerprint density at radius 3 is 1.00 bits per heavy atom. The van der Waals surface area contributed by atoms with Gasteiger partial charge in [0.05, 0.1) is 0 Å². The minimum Gasteiger partial charge on any atom is -0.0710 e. The summed E-state index contributed by atoms with van der Waals surface area (Å²) in [5.41, 5.74) is 1.99. The maximum absolute atomic E-state index is 2.61. The van der Waals surface area contributed by atoms with Gasteiger partial charge in [-0.2, -0.15) is 0 Å². The molecule has 9 saturated carbocycles. The van der Waals surface area contributed by atoms with Crippen molar-refractivity contribution in [3.05, 3.63) is 0 Å². The Bertz CT molecular complexity index is 602. The molecule has 0 amide bonds. The third-order valence-corrected chi connectivity index (χ3v) is 13.9. The first-order valence-corrected chi connectivity index (χ1v) is 14.6. The van der Waals surface area contributed by atoms with Crippen LogP contribution >= 0.6 is 0 Å². The molecule has 174 valence electrons. The van der Waals surface area contributed by atoms with E-state index in [0.717, 1.165) is 60.0 Å². The second-order valence-corrected chi connectivity index (χ2v) is 15.7. The van der Waals surface area contributed by atoms with Crippen molar-refractivity contribution in [2.75, 3.05) is 0 Å². The normalized spacial score (nSPS) is 49.9. The van der Waals surface area contributed by atoms with Gasteiger partial charge in [0, 0.05) is 0 Å². The van der Waals surface area contributed by atoms with Crippen molar-refractivity contribution in [3.63, 3.8) is 0 Å². The van der Waals surface area contributed by atoms with Crippen molar-refractivity contribution in [2.45, 2.75) is 118 Å². The van der Waals surface area contributed by atoms with Crippen LogP contribution in [0.5, 0.6) is 0 Å². The van der Waals surface area contributed by atoms with E-state index >= 15 is 0 Å². The Morgan fingerprint density at radius 2 is 0.774 bits per heavy atom. The van der Waals surface area contributed by atoms with E-state index < -0.39 is 0 Å². The Kier molecular flexibility index (Phi) is 4.90. The number of hydrogen-bond donors (Lipinski definition) is 0. The summed E-state index contributed by atoms with van der Waals surface area (Å²) in [7, 11) is 0. The van der Waals surface area contributed by atoms with Crippen molar-refractivity contribution in [3.8, 4) is 0 Å². The molecule has 31 heavy (non-hydrogen) atoms. The molecule has 0 nitrogen and oxygen atoms in total. The monoisotopic (exact) mass is 422 g/mol. The summed E-state index contributed by atoms with van der Waals surface area (Å²) in [6, 6.07) is 0. The topological polar surface area (TPSA) is 0 Å². The van der Waals surface area contributed by atoms with Gasteiger partial charge in [-0.25, -0.2) is 0 Å². The molecule has 0 radical (unpaired) electrons. The lowest BCUT2D eigenvalue weighted by atomic mass is 9.30. The van der Waals surface area contributed by atoms with Crippen molar-refractivity contribution in [2.24, 2.45) is 69.5 Å². The third-order valence-electron chi connectivity index (χ3n) is 13.9. The van der Waals surface area contributed by atoms with Gasteiger partial charge in [-0.15, -0.1) is 0 Å². The zero-order chi connectivity index (χ0) is 21.8. The largest absolute Gasteiger partial charge is 0.140 e. The Hall–Kier alpha value is 0.0649. The van der Waals surface area contributed by atoms with Crippen LogP contribution < -0.4 is 0 Å². The summed E-state index contributed by atoms with van der Waals surface area (Å²) < 4.78 is 0. The molecule has 0 saturated heterocycles. The van der Waals surface area contributed by atoms with E-state index in [-0.39, 0.29) is 0 Å². The van der Waals surface area contributed by atoms with Gasteiger partial charge in [-0.3, -0.25) is 0 Å². The van der Waals surface area contributed by atoms with Crippen LogP contribution in [0.25, 0.3) is 0 Å². The molecular formula is C30H51B. The quantitative estimate of drug-likeness (QED) is 0.376. The molecule has 0 spiro atoms. The molecule has 0 aromatic heterocycles. The Labute approximate surface area is 194 Å². The smallest absolute Gasteiger partial charge is 0.0710 e. The van der Waals surface area contributed by atoms with E-state index in [4.69, 9.17) is 0 Å². The van der Waals surface area contributed by atoms with Crippen LogP contribution in [0.15, 0.2) is 0 Å². The van der Waals surface area contributed by atoms with Crippen molar-refractivity contribution in [1.29, 1.82) is 0 Å². The van der Waals surface area contributed by atoms with Crippen LogP contribution in [0.3, 0.4) is 0 Å². The van der Waals surface area contributed by atoms with Crippen LogP contribution in [-0.4, -0.2) is 6.71 Å². The highest BCUT2D eigenvalue weighted by atomic mass is 14.6. The van der Waals surface area contributed by atoms with E-state index in [0.29, 0.717) is 16.2 Å². The molecule has 0 N–H and O–H groups in total. The van der Waals surface area contributed by atoms with Crippen molar-refractivity contribution < 1.29 is 0 Å². The molecule has 7 unspecified atom stereocenters. The molecular weight excluding hydrogens is 371 g/mol. The van der Waals surface area contributed by atoms with Crippen LogP contribution in [0, 0.1) is 69.5 Å². The highest BCUT2D eigenvalue weighted by molar-refractivity contribution is 6.59. The lowest BCUT2D eigenvalue weighted by Gasteiger charge is -2.62. The van der Waals surface area contributed by atoms with Gasteiger partial charge in [0.25, 0.3) is 0 Å². The van der Waals surface area contributed by atoms with E-state index in [1.54, 1.807) is 76.7 Å². The first-order chi connectivity index (χ1) is 14.6. The van der Waals surface area contributed by atoms with E-state index in [1.165, 1.54) is 0 Å². The number of rotatable bonds is 6. The fourth-order valence-electron chi connectivity index (χ4n) is 11.3. The fourth-order valence-corrected chi connectivity index (χ4v) is 11.3. The fraction of sp³-hybridized carbons (Fsp3) is 1.00. The minimum absolute atomic E-state index is 0.662. The van der Waals surface area contributed by atoms with Crippen molar-refractivity contribution >= 4 is 6.71 Å². The van der Waals surface area contributed by atoms with E-state index in [1.807, 2.05) is 0 Å². The van der Waals surface area contributed by atoms with Crippen LogP contribution in [-0.2, 0) is 0 Å².